The van der Waals surface area contributed by atoms with Crippen molar-refractivity contribution in [1.82, 2.24) is 19.9 Å². The molecule has 0 spiro atoms. The summed E-state index contributed by atoms with van der Waals surface area (Å²) in [4.78, 5) is 21.0. The molecule has 0 amide bonds. The zero-order valence-corrected chi connectivity index (χ0v) is 19.0. The highest BCUT2D eigenvalue weighted by atomic mass is 32.2. The van der Waals surface area contributed by atoms with Crippen LogP contribution in [0.3, 0.4) is 0 Å². The fraction of sp³-hybridized carbons (Fsp3) is 0.318. The summed E-state index contributed by atoms with van der Waals surface area (Å²) in [7, 11) is 0. The zero-order valence-electron chi connectivity index (χ0n) is 18.2. The molecule has 8 nitrogen and oxygen atoms in total. The van der Waals surface area contributed by atoms with Crippen LogP contribution in [0.5, 0.6) is 5.88 Å². The number of halogens is 3. The molecule has 0 aromatic carbocycles. The van der Waals surface area contributed by atoms with Gasteiger partial charge in [0.2, 0.25) is 11.8 Å². The minimum absolute atomic E-state index is 0.0314. The number of aromatic nitrogens is 4. The number of alkyl halides is 2. The SMILES string of the molecule is C#CCOc1cnc2c(Nc3cnc(F)c([C@]4(C)C[C@](C)(C(F)F)SC(N)=N4)c3)nccc2n1. The minimum Gasteiger partial charge on any atom is -0.463 e. The van der Waals surface area contributed by atoms with Gasteiger partial charge in [-0.25, -0.2) is 28.7 Å². The maximum absolute atomic E-state index is 14.8. The van der Waals surface area contributed by atoms with Gasteiger partial charge in [-0.15, -0.1) is 6.42 Å². The molecular formula is C22H20F3N7OS. The summed E-state index contributed by atoms with van der Waals surface area (Å²) in [6.45, 7) is 2.99. The second-order valence-corrected chi connectivity index (χ2v) is 9.59. The Morgan fingerprint density at radius 1 is 1.29 bits per heavy atom. The number of terminal acetylenes is 1. The Kier molecular flexibility index (Phi) is 6.22. The van der Waals surface area contributed by atoms with Crippen LogP contribution in [-0.4, -0.2) is 42.9 Å². The third kappa shape index (κ3) is 4.56. The molecule has 176 valence electrons. The third-order valence-electron chi connectivity index (χ3n) is 5.27. The quantitative estimate of drug-likeness (QED) is 0.396. The van der Waals surface area contributed by atoms with Gasteiger partial charge >= 0.3 is 0 Å². The lowest BCUT2D eigenvalue weighted by Crippen LogP contribution is -2.44. The molecule has 3 aromatic heterocycles. The standard InChI is InChI=1S/C22H20F3N7OS/c1-4-7-33-15-10-28-16-14(31-15)5-6-27-18(16)30-12-8-13(17(23)29-9-12)21(2)11-22(3,19(24)25)34-20(26)32-21/h1,5-6,8-10,19H,7,11H2,2-3H3,(H2,26,32)(H,27,30)/t21-,22+/m0/s1. The molecule has 3 aromatic rings. The Balaban J connectivity index is 1.69. The van der Waals surface area contributed by atoms with Crippen LogP contribution < -0.4 is 15.8 Å². The van der Waals surface area contributed by atoms with E-state index < -0.39 is 22.7 Å². The van der Waals surface area contributed by atoms with Crippen molar-refractivity contribution in [2.24, 2.45) is 10.7 Å². The number of amidine groups is 1. The average molecular weight is 488 g/mol. The van der Waals surface area contributed by atoms with Gasteiger partial charge in [0.25, 0.3) is 6.43 Å². The largest absolute Gasteiger partial charge is 0.463 e. The average Bonchev–Trinajstić information content (AvgIpc) is 2.78. The van der Waals surface area contributed by atoms with E-state index in [1.165, 1.54) is 31.6 Å². The fourth-order valence-electron chi connectivity index (χ4n) is 3.78. The van der Waals surface area contributed by atoms with Crippen LogP contribution in [0.25, 0.3) is 11.0 Å². The van der Waals surface area contributed by atoms with Gasteiger partial charge in [-0.3, -0.25) is 4.99 Å². The van der Waals surface area contributed by atoms with Crippen molar-refractivity contribution in [3.63, 3.8) is 0 Å². The number of thioether (sulfide) groups is 1. The molecular weight excluding hydrogens is 467 g/mol. The highest BCUT2D eigenvalue weighted by molar-refractivity contribution is 8.15. The molecule has 4 rings (SSSR count). The monoisotopic (exact) mass is 487 g/mol. The number of nitrogens with one attached hydrogen (secondary N) is 1. The summed E-state index contributed by atoms with van der Waals surface area (Å²) in [5, 5.41) is 3.00. The number of ether oxygens (including phenoxy) is 1. The summed E-state index contributed by atoms with van der Waals surface area (Å²) in [5.74, 6) is 2.11. The molecule has 0 bridgehead atoms. The van der Waals surface area contributed by atoms with Crippen molar-refractivity contribution < 1.29 is 17.9 Å². The molecule has 1 aliphatic heterocycles. The topological polar surface area (TPSA) is 111 Å². The van der Waals surface area contributed by atoms with Crippen molar-refractivity contribution >= 4 is 39.5 Å². The zero-order chi connectivity index (χ0) is 24.5. The molecule has 12 heteroatoms. The summed E-state index contributed by atoms with van der Waals surface area (Å²) < 4.78 is 46.1. The molecule has 3 N–H and O–H groups in total. The van der Waals surface area contributed by atoms with Crippen LogP contribution in [0.4, 0.5) is 24.7 Å². The van der Waals surface area contributed by atoms with E-state index >= 15 is 0 Å². The number of pyridine rings is 2. The third-order valence-corrected chi connectivity index (χ3v) is 6.36. The van der Waals surface area contributed by atoms with Gasteiger partial charge in [-0.1, -0.05) is 17.7 Å². The van der Waals surface area contributed by atoms with Crippen LogP contribution in [0.2, 0.25) is 0 Å². The number of fused-ring (bicyclic) bond motifs is 1. The first-order chi connectivity index (χ1) is 16.1. The van der Waals surface area contributed by atoms with E-state index in [9.17, 15) is 13.2 Å². The second-order valence-electron chi connectivity index (χ2n) is 8.03. The summed E-state index contributed by atoms with van der Waals surface area (Å²) in [5.41, 5.74) is 5.81. The Labute approximate surface area is 197 Å². The van der Waals surface area contributed by atoms with Crippen molar-refractivity contribution in [3.05, 3.63) is 42.2 Å². The smallest absolute Gasteiger partial charge is 0.253 e. The van der Waals surface area contributed by atoms with E-state index in [2.05, 4.69) is 36.2 Å². The van der Waals surface area contributed by atoms with Crippen LogP contribution in [-0.2, 0) is 5.54 Å². The highest BCUT2D eigenvalue weighted by Crippen LogP contribution is 2.48. The minimum atomic E-state index is -2.68. The molecule has 0 saturated carbocycles. The van der Waals surface area contributed by atoms with Gasteiger partial charge in [0.1, 0.15) is 5.52 Å². The lowest BCUT2D eigenvalue weighted by atomic mass is 9.83. The first kappa shape index (κ1) is 23.6. The molecule has 1 aliphatic rings. The van der Waals surface area contributed by atoms with E-state index in [0.29, 0.717) is 22.5 Å². The predicted molar refractivity (Wildman–Crippen MR) is 125 cm³/mol. The van der Waals surface area contributed by atoms with Gasteiger partial charge in [0, 0.05) is 11.8 Å². The number of rotatable bonds is 6. The lowest BCUT2D eigenvalue weighted by molar-refractivity contribution is 0.0892. The molecule has 0 saturated heterocycles. The Morgan fingerprint density at radius 2 is 2.09 bits per heavy atom. The summed E-state index contributed by atoms with van der Waals surface area (Å²) in [6.07, 6.45) is 6.56. The van der Waals surface area contributed by atoms with Gasteiger partial charge in [0.05, 0.1) is 33.9 Å². The van der Waals surface area contributed by atoms with Crippen molar-refractivity contribution in [2.75, 3.05) is 11.9 Å². The molecule has 0 unspecified atom stereocenters. The second kappa shape index (κ2) is 8.98. The number of hydrogen-bond acceptors (Lipinski definition) is 9. The van der Waals surface area contributed by atoms with E-state index in [1.54, 1.807) is 13.0 Å². The van der Waals surface area contributed by atoms with Crippen molar-refractivity contribution in [2.45, 2.75) is 37.0 Å². The lowest BCUT2D eigenvalue weighted by Gasteiger charge is -2.40. The van der Waals surface area contributed by atoms with Crippen LogP contribution in [0, 0.1) is 18.3 Å². The maximum atomic E-state index is 14.8. The van der Waals surface area contributed by atoms with Crippen molar-refractivity contribution in [1.29, 1.82) is 0 Å². The van der Waals surface area contributed by atoms with E-state index in [0.717, 1.165) is 11.8 Å². The first-order valence-corrected chi connectivity index (χ1v) is 10.9. The first-order valence-electron chi connectivity index (χ1n) is 10.1. The number of nitrogens with two attached hydrogens (primary N) is 1. The van der Waals surface area contributed by atoms with E-state index in [4.69, 9.17) is 16.9 Å². The molecule has 2 atom stereocenters. The Bertz CT molecular complexity index is 1320. The normalized spacial score (nSPS) is 22.3. The highest BCUT2D eigenvalue weighted by Gasteiger charge is 2.48. The summed E-state index contributed by atoms with van der Waals surface area (Å²) >= 11 is 0.787. The van der Waals surface area contributed by atoms with E-state index in [-0.39, 0.29) is 29.6 Å². The van der Waals surface area contributed by atoms with Gasteiger partial charge < -0.3 is 15.8 Å². The van der Waals surface area contributed by atoms with Gasteiger partial charge in [-0.05, 0) is 32.4 Å². The van der Waals surface area contributed by atoms with E-state index in [1.807, 2.05) is 0 Å². The number of anilines is 2. The molecule has 0 fully saturated rings. The molecule has 0 radical (unpaired) electrons. The number of nitrogens with zero attached hydrogens (tertiary/aromatic N) is 5. The van der Waals surface area contributed by atoms with Crippen LogP contribution in [0.1, 0.15) is 25.8 Å². The Morgan fingerprint density at radius 3 is 2.82 bits per heavy atom. The number of hydrogen-bond donors (Lipinski definition) is 2. The summed E-state index contributed by atoms with van der Waals surface area (Å²) in [6, 6.07) is 3.10. The van der Waals surface area contributed by atoms with Gasteiger partial charge in [0.15, 0.2) is 17.6 Å². The fourth-order valence-corrected chi connectivity index (χ4v) is 4.94. The van der Waals surface area contributed by atoms with Crippen molar-refractivity contribution in [3.8, 4) is 18.2 Å². The molecule has 34 heavy (non-hydrogen) atoms. The predicted octanol–water partition coefficient (Wildman–Crippen LogP) is 4.01. The molecule has 0 aliphatic carbocycles. The van der Waals surface area contributed by atoms with Gasteiger partial charge in [-0.2, -0.15) is 4.39 Å². The van der Waals surface area contributed by atoms with Crippen LogP contribution >= 0.6 is 11.8 Å². The Hall–Kier alpha value is -3.59. The number of aliphatic imine (C=N–C) groups is 1. The van der Waals surface area contributed by atoms with Crippen LogP contribution in [0.15, 0.2) is 35.7 Å². The molecule has 4 heterocycles. The maximum Gasteiger partial charge on any atom is 0.253 e.